The van der Waals surface area contributed by atoms with Crippen LogP contribution in [0, 0.1) is 47.3 Å². The van der Waals surface area contributed by atoms with E-state index in [1.807, 2.05) is 0 Å². The molecule has 5 fully saturated rings. The van der Waals surface area contributed by atoms with Crippen LogP contribution in [0.25, 0.3) is 0 Å². The van der Waals surface area contributed by atoms with Crippen molar-refractivity contribution in [3.63, 3.8) is 0 Å². The fourth-order valence-electron chi connectivity index (χ4n) is 9.30. The van der Waals surface area contributed by atoms with E-state index in [2.05, 4.69) is 0 Å². The fraction of sp³-hybridized carbons (Fsp3) is 1.00. The van der Waals surface area contributed by atoms with Crippen LogP contribution in [-0.2, 0) is 0 Å². The highest BCUT2D eigenvalue weighted by atomic mass is 35.5. The van der Waals surface area contributed by atoms with Gasteiger partial charge < -0.3 is 0 Å². The van der Waals surface area contributed by atoms with Crippen molar-refractivity contribution in [1.82, 2.24) is 0 Å². The molecule has 0 radical (unpaired) electrons. The summed E-state index contributed by atoms with van der Waals surface area (Å²) >= 11 is 6.52. The Morgan fingerprint density at radius 2 is 0.741 bits per heavy atom. The van der Waals surface area contributed by atoms with E-state index in [4.69, 9.17) is 11.6 Å². The second-order valence-electron chi connectivity index (χ2n) is 11.3. The van der Waals surface area contributed by atoms with Gasteiger partial charge in [0.15, 0.2) is 0 Å². The second kappa shape index (κ2) is 8.57. The van der Waals surface area contributed by atoms with Crippen molar-refractivity contribution in [1.29, 1.82) is 0 Å². The highest BCUT2D eigenvalue weighted by Crippen LogP contribution is 2.62. The van der Waals surface area contributed by atoms with Gasteiger partial charge >= 0.3 is 0 Å². The third-order valence-corrected chi connectivity index (χ3v) is 10.6. The van der Waals surface area contributed by atoms with Crippen LogP contribution in [0.15, 0.2) is 0 Å². The maximum Gasteiger partial charge on any atom is 0.0336 e. The van der Waals surface area contributed by atoms with E-state index < -0.39 is 0 Å². The molecule has 27 heavy (non-hydrogen) atoms. The zero-order valence-corrected chi connectivity index (χ0v) is 18.4. The quantitative estimate of drug-likeness (QED) is 0.416. The van der Waals surface area contributed by atoms with Crippen LogP contribution in [0.4, 0.5) is 0 Å². The first-order valence-corrected chi connectivity index (χ1v) is 13.4. The van der Waals surface area contributed by atoms with E-state index in [9.17, 15) is 0 Å². The molecule has 5 aliphatic rings. The number of hydrogen-bond donors (Lipinski definition) is 0. The van der Waals surface area contributed by atoms with E-state index in [0.29, 0.717) is 5.38 Å². The SMILES string of the molecule is ClC1CCC(C2C3CCCCC3C(C3CCCCC3)C3CCCCC32)CC1. The Morgan fingerprint density at radius 1 is 0.370 bits per heavy atom. The molecule has 0 aromatic carbocycles. The van der Waals surface area contributed by atoms with Crippen LogP contribution in [0.2, 0.25) is 0 Å². The molecule has 0 spiro atoms. The lowest BCUT2D eigenvalue weighted by atomic mass is 9.45. The molecule has 4 unspecified atom stereocenters. The van der Waals surface area contributed by atoms with Gasteiger partial charge in [-0.25, -0.2) is 0 Å². The molecule has 0 N–H and O–H groups in total. The first-order chi connectivity index (χ1) is 13.3. The Bertz CT molecular complexity index is 449. The first kappa shape index (κ1) is 19.3. The van der Waals surface area contributed by atoms with E-state index in [1.54, 1.807) is 64.2 Å². The van der Waals surface area contributed by atoms with Crippen LogP contribution >= 0.6 is 11.6 Å². The average Bonchev–Trinajstić information content (AvgIpc) is 2.73. The van der Waals surface area contributed by atoms with Gasteiger partial charge in [0.25, 0.3) is 0 Å². The molecule has 5 rings (SSSR count). The molecule has 0 bridgehead atoms. The molecule has 0 aromatic heterocycles. The zero-order chi connectivity index (χ0) is 18.2. The maximum absolute atomic E-state index is 6.52. The van der Waals surface area contributed by atoms with Gasteiger partial charge in [0.2, 0.25) is 0 Å². The summed E-state index contributed by atoms with van der Waals surface area (Å²) in [6.07, 6.45) is 25.8. The number of hydrogen-bond acceptors (Lipinski definition) is 0. The van der Waals surface area contributed by atoms with Gasteiger partial charge in [-0.15, -0.1) is 11.6 Å². The first-order valence-electron chi connectivity index (χ1n) is 13.0. The number of alkyl halides is 1. The largest absolute Gasteiger partial charge is 0.123 e. The van der Waals surface area contributed by atoms with Crippen LogP contribution < -0.4 is 0 Å². The third kappa shape index (κ3) is 3.75. The fourth-order valence-corrected chi connectivity index (χ4v) is 9.56. The zero-order valence-electron chi connectivity index (χ0n) is 17.6. The molecule has 5 aliphatic carbocycles. The van der Waals surface area contributed by atoms with Crippen molar-refractivity contribution >= 4 is 11.6 Å². The Morgan fingerprint density at radius 3 is 1.19 bits per heavy atom. The average molecular weight is 391 g/mol. The molecule has 0 aliphatic heterocycles. The monoisotopic (exact) mass is 390 g/mol. The molecule has 0 saturated heterocycles. The van der Waals surface area contributed by atoms with Crippen molar-refractivity contribution < 1.29 is 0 Å². The number of fused-ring (bicyclic) bond motifs is 2. The molecule has 5 saturated carbocycles. The van der Waals surface area contributed by atoms with Gasteiger partial charge in [-0.3, -0.25) is 0 Å². The lowest BCUT2D eigenvalue weighted by molar-refractivity contribution is -0.111. The molecule has 0 heterocycles. The Labute approximate surface area is 173 Å². The summed E-state index contributed by atoms with van der Waals surface area (Å²) in [6, 6.07) is 0. The minimum Gasteiger partial charge on any atom is -0.123 e. The van der Waals surface area contributed by atoms with Crippen molar-refractivity contribution in [2.75, 3.05) is 0 Å². The lowest BCUT2D eigenvalue weighted by Gasteiger charge is -2.60. The second-order valence-corrected chi connectivity index (χ2v) is 11.9. The van der Waals surface area contributed by atoms with Crippen molar-refractivity contribution in [3.8, 4) is 0 Å². The summed E-state index contributed by atoms with van der Waals surface area (Å²) in [5, 5.41) is 0.490. The summed E-state index contributed by atoms with van der Waals surface area (Å²) in [4.78, 5) is 0. The molecule has 0 amide bonds. The highest BCUT2D eigenvalue weighted by Gasteiger charge is 2.54. The van der Waals surface area contributed by atoms with E-state index in [1.165, 1.54) is 44.9 Å². The van der Waals surface area contributed by atoms with E-state index in [-0.39, 0.29) is 0 Å². The molecule has 0 aromatic rings. The highest BCUT2D eigenvalue weighted by molar-refractivity contribution is 6.20. The van der Waals surface area contributed by atoms with Crippen LogP contribution in [0.1, 0.15) is 109 Å². The van der Waals surface area contributed by atoms with Gasteiger partial charge in [-0.1, -0.05) is 57.8 Å². The van der Waals surface area contributed by atoms with Crippen LogP contribution in [0.5, 0.6) is 0 Å². The summed E-state index contributed by atoms with van der Waals surface area (Å²) < 4.78 is 0. The van der Waals surface area contributed by atoms with Gasteiger partial charge in [0, 0.05) is 5.38 Å². The van der Waals surface area contributed by atoms with Gasteiger partial charge in [-0.2, -0.15) is 0 Å². The van der Waals surface area contributed by atoms with Gasteiger partial charge in [0.1, 0.15) is 0 Å². The molecular formula is C26H43Cl. The molecule has 4 atom stereocenters. The Balaban J connectivity index is 1.44. The van der Waals surface area contributed by atoms with Gasteiger partial charge in [-0.05, 0) is 98.7 Å². The molecule has 154 valence electrons. The van der Waals surface area contributed by atoms with Crippen molar-refractivity contribution in [2.45, 2.75) is 115 Å². The number of rotatable bonds is 2. The summed E-state index contributed by atoms with van der Waals surface area (Å²) in [6.45, 7) is 0. The van der Waals surface area contributed by atoms with Gasteiger partial charge in [0.05, 0.1) is 0 Å². The minimum absolute atomic E-state index is 0.490. The minimum atomic E-state index is 0.490. The third-order valence-electron chi connectivity index (χ3n) is 10.2. The summed E-state index contributed by atoms with van der Waals surface area (Å²) in [7, 11) is 0. The summed E-state index contributed by atoms with van der Waals surface area (Å²) in [5.41, 5.74) is 0. The topological polar surface area (TPSA) is 0 Å². The lowest BCUT2D eigenvalue weighted by Crippen LogP contribution is -2.53. The summed E-state index contributed by atoms with van der Waals surface area (Å²) in [5.74, 6) is 8.77. The molecule has 1 heteroatoms. The smallest absolute Gasteiger partial charge is 0.0336 e. The van der Waals surface area contributed by atoms with Crippen molar-refractivity contribution in [3.05, 3.63) is 0 Å². The van der Waals surface area contributed by atoms with Crippen LogP contribution in [0.3, 0.4) is 0 Å². The molecule has 0 nitrogen and oxygen atoms in total. The van der Waals surface area contributed by atoms with Crippen molar-refractivity contribution in [2.24, 2.45) is 47.3 Å². The predicted octanol–water partition coefficient (Wildman–Crippen LogP) is 8.22. The van der Waals surface area contributed by atoms with E-state index >= 15 is 0 Å². The molecular weight excluding hydrogens is 348 g/mol. The normalized spacial score (nSPS) is 49.2. The van der Waals surface area contributed by atoms with Crippen LogP contribution in [-0.4, -0.2) is 5.38 Å². The predicted molar refractivity (Wildman–Crippen MR) is 116 cm³/mol. The Hall–Kier alpha value is 0.290. The number of halogens is 1. The Kier molecular flexibility index (Phi) is 6.12. The van der Waals surface area contributed by atoms with E-state index in [0.717, 1.165) is 47.3 Å². The maximum atomic E-state index is 6.52. The standard InChI is InChI=1S/C26H43Cl/c27-20-16-14-19(15-17-20)26-23-12-6-4-10-21(23)25(18-8-2-1-3-9-18)22-11-5-7-13-24(22)26/h18-26H,1-17H2.